The van der Waals surface area contributed by atoms with Crippen LogP contribution < -0.4 is 10.8 Å². The summed E-state index contributed by atoms with van der Waals surface area (Å²) in [5.74, 6) is -0.386. The molecule has 0 saturated carbocycles. The number of ether oxygens (including phenoxy) is 2. The van der Waals surface area contributed by atoms with Gasteiger partial charge >= 0.3 is 5.97 Å². The van der Waals surface area contributed by atoms with E-state index in [0.29, 0.717) is 24.1 Å². The maximum absolute atomic E-state index is 13.6. The van der Waals surface area contributed by atoms with Gasteiger partial charge in [0, 0.05) is 0 Å². The molecule has 0 bridgehead atoms. The Morgan fingerprint density at radius 1 is 1.34 bits per heavy atom. The maximum Gasteiger partial charge on any atom is 0.326 e. The molecule has 0 amide bonds. The van der Waals surface area contributed by atoms with E-state index in [9.17, 15) is 19.9 Å². The summed E-state index contributed by atoms with van der Waals surface area (Å²) in [6.07, 6.45) is 2.55. The lowest BCUT2D eigenvalue weighted by atomic mass is 10.1. The van der Waals surface area contributed by atoms with Crippen LogP contribution in [0.25, 0.3) is 11.2 Å². The van der Waals surface area contributed by atoms with Gasteiger partial charge in [-0.15, -0.1) is 0 Å². The second-order valence-corrected chi connectivity index (χ2v) is 10.4. The van der Waals surface area contributed by atoms with Gasteiger partial charge in [0.05, 0.1) is 37.7 Å². The largest absolute Gasteiger partial charge is 0.464 e. The van der Waals surface area contributed by atoms with Gasteiger partial charge < -0.3 is 24.3 Å². The number of rotatable bonds is 11. The number of carbonyl (C=O) groups excluding carboxylic acids is 1. The Labute approximate surface area is 186 Å². The van der Waals surface area contributed by atoms with Crippen LogP contribution in [-0.4, -0.2) is 55.7 Å². The van der Waals surface area contributed by atoms with E-state index in [4.69, 9.17) is 15.2 Å². The van der Waals surface area contributed by atoms with Gasteiger partial charge in [-0.25, -0.2) is 20.0 Å². The van der Waals surface area contributed by atoms with Crippen molar-refractivity contribution in [2.24, 2.45) is 0 Å². The number of nitrogens with one attached hydrogen (secondary N) is 1. The number of carbonyl (C=O) groups is 1. The molecule has 12 nitrogen and oxygen atoms in total. The predicted octanol–water partition coefficient (Wildman–Crippen LogP) is 1.79. The van der Waals surface area contributed by atoms with Crippen LogP contribution in [0.4, 0.5) is 5.82 Å². The summed E-state index contributed by atoms with van der Waals surface area (Å²) in [5.41, 5.74) is 3.86. The van der Waals surface area contributed by atoms with Crippen molar-refractivity contribution in [2.75, 3.05) is 18.7 Å². The molecule has 0 radical (unpaired) electrons. The average molecular weight is 462 g/mol. The van der Waals surface area contributed by atoms with Crippen molar-refractivity contribution in [2.45, 2.75) is 58.0 Å². The Kier molecular flexibility index (Phi) is 8.28. The molecule has 0 spiro atoms. The Balaban J connectivity index is 2.15. The van der Waals surface area contributed by atoms with Crippen LogP contribution in [0.2, 0.25) is 0 Å². The Morgan fingerprint density at radius 2 is 2.03 bits per heavy atom. The number of hydrogen-bond acceptors (Lipinski definition) is 10. The number of esters is 1. The lowest BCUT2D eigenvalue weighted by Gasteiger charge is -2.31. The first-order chi connectivity index (χ1) is 15.1. The minimum absolute atomic E-state index is 0.203. The molecule has 0 aliphatic rings. The molecule has 2 heterocycles. The molecule has 1 unspecified atom stereocenters. The highest BCUT2D eigenvalue weighted by Crippen LogP contribution is 2.48. The van der Waals surface area contributed by atoms with E-state index < -0.39 is 36.9 Å². The molecule has 0 aromatic carbocycles. The Hall–Kier alpha value is -3.05. The first-order valence-corrected chi connectivity index (χ1v) is 11.9. The fourth-order valence-corrected chi connectivity index (χ4v) is 5.11. The van der Waals surface area contributed by atoms with Gasteiger partial charge in [0.25, 0.3) is 0 Å². The number of aromatic nitrogens is 4. The van der Waals surface area contributed by atoms with E-state index in [1.807, 2.05) is 6.92 Å². The number of imidazole rings is 1. The van der Waals surface area contributed by atoms with E-state index in [2.05, 4.69) is 20.0 Å². The summed E-state index contributed by atoms with van der Waals surface area (Å²) in [4.78, 5) is 24.6. The van der Waals surface area contributed by atoms with E-state index in [1.165, 1.54) is 26.5 Å². The SMILES string of the molecule is CCCOC(=O)C(C)(C)N[P@](=O)(COC(C)Cn1cnc2c(N)ncnc21)C(C#N)C#N. The summed E-state index contributed by atoms with van der Waals surface area (Å²) < 4.78 is 26.2. The topological polar surface area (TPSA) is 182 Å². The van der Waals surface area contributed by atoms with Gasteiger partial charge in [-0.1, -0.05) is 6.92 Å². The molecule has 3 N–H and O–H groups in total. The van der Waals surface area contributed by atoms with E-state index in [0.717, 1.165) is 0 Å². The normalized spacial score (nSPS) is 14.5. The summed E-state index contributed by atoms with van der Waals surface area (Å²) in [6, 6.07) is 3.46. The Morgan fingerprint density at radius 3 is 2.66 bits per heavy atom. The molecule has 2 aromatic heterocycles. The third-order valence-electron chi connectivity index (χ3n) is 4.51. The highest BCUT2D eigenvalue weighted by atomic mass is 31.2. The second-order valence-electron chi connectivity index (χ2n) is 7.76. The van der Waals surface area contributed by atoms with Gasteiger partial charge in [-0.2, -0.15) is 10.5 Å². The lowest BCUT2D eigenvalue weighted by molar-refractivity contribution is -0.149. The monoisotopic (exact) mass is 462 g/mol. The minimum Gasteiger partial charge on any atom is -0.464 e. The van der Waals surface area contributed by atoms with Gasteiger partial charge in [0.15, 0.2) is 17.1 Å². The highest BCUT2D eigenvalue weighted by molar-refractivity contribution is 7.63. The molecule has 0 fully saturated rings. The molecule has 2 rings (SSSR count). The van der Waals surface area contributed by atoms with Crippen LogP contribution in [0, 0.1) is 22.7 Å². The molecule has 172 valence electrons. The van der Waals surface area contributed by atoms with Crippen molar-refractivity contribution in [1.82, 2.24) is 24.6 Å². The molecule has 0 aliphatic carbocycles. The quantitative estimate of drug-likeness (QED) is 0.367. The maximum atomic E-state index is 13.6. The molecular formula is C19H27N8O4P. The van der Waals surface area contributed by atoms with Crippen molar-refractivity contribution in [3.8, 4) is 12.1 Å². The van der Waals surface area contributed by atoms with Gasteiger partial charge in [-0.3, -0.25) is 4.79 Å². The standard InChI is InChI=1S/C19H27N8O4P/c1-5-6-30-18(28)19(3,4)26-32(29,14(7-20)8-21)12-31-13(2)9-27-11-25-15-16(22)23-10-24-17(15)27/h10-11,13-14H,5-6,9,12H2,1-4H3,(H,26,29)(H2,22,23,24)/t13?,32-/m0/s1. The van der Waals surface area contributed by atoms with E-state index >= 15 is 0 Å². The highest BCUT2D eigenvalue weighted by Gasteiger charge is 2.43. The molecule has 2 atom stereocenters. The smallest absolute Gasteiger partial charge is 0.326 e. The molecule has 0 aliphatic heterocycles. The van der Waals surface area contributed by atoms with E-state index in [-0.39, 0.29) is 12.4 Å². The number of anilines is 1. The van der Waals surface area contributed by atoms with Crippen LogP contribution in [0.3, 0.4) is 0 Å². The van der Waals surface area contributed by atoms with Crippen molar-refractivity contribution >= 4 is 30.2 Å². The van der Waals surface area contributed by atoms with Crippen molar-refractivity contribution in [3.05, 3.63) is 12.7 Å². The number of nitrogens with zero attached hydrogens (tertiary/aromatic N) is 6. The molecule has 13 heteroatoms. The van der Waals surface area contributed by atoms with Crippen molar-refractivity contribution in [1.29, 1.82) is 10.5 Å². The van der Waals surface area contributed by atoms with Crippen LogP contribution in [-0.2, 0) is 25.4 Å². The lowest BCUT2D eigenvalue weighted by Crippen LogP contribution is -2.48. The number of nitrogen functional groups attached to an aromatic ring is 1. The zero-order chi connectivity index (χ0) is 23.9. The van der Waals surface area contributed by atoms with Crippen LogP contribution in [0.1, 0.15) is 34.1 Å². The Bertz CT molecular complexity index is 1070. The van der Waals surface area contributed by atoms with Gasteiger partial charge in [-0.05, 0) is 27.2 Å². The summed E-state index contributed by atoms with van der Waals surface area (Å²) in [5, 5.41) is 21.4. The number of nitriles is 2. The van der Waals surface area contributed by atoms with Crippen molar-refractivity contribution in [3.63, 3.8) is 0 Å². The second kappa shape index (κ2) is 10.5. The van der Waals surface area contributed by atoms with Gasteiger partial charge in [0.2, 0.25) is 7.29 Å². The first kappa shape index (κ1) is 25.2. The van der Waals surface area contributed by atoms with Crippen LogP contribution in [0.15, 0.2) is 12.7 Å². The van der Waals surface area contributed by atoms with Crippen LogP contribution in [0.5, 0.6) is 0 Å². The number of fused-ring (bicyclic) bond motifs is 1. The third kappa shape index (κ3) is 5.80. The number of nitrogens with two attached hydrogens (primary N) is 1. The zero-order valence-corrected chi connectivity index (χ0v) is 19.4. The summed E-state index contributed by atoms with van der Waals surface area (Å²) >= 11 is 0. The molecule has 0 saturated heterocycles. The van der Waals surface area contributed by atoms with Crippen LogP contribution >= 0.6 is 7.29 Å². The zero-order valence-electron chi connectivity index (χ0n) is 18.5. The summed E-state index contributed by atoms with van der Waals surface area (Å²) in [7, 11) is -3.80. The predicted molar refractivity (Wildman–Crippen MR) is 116 cm³/mol. The van der Waals surface area contributed by atoms with Crippen molar-refractivity contribution < 1.29 is 18.8 Å². The van der Waals surface area contributed by atoms with E-state index in [1.54, 1.807) is 23.6 Å². The fourth-order valence-electron chi connectivity index (χ4n) is 2.88. The third-order valence-corrected chi connectivity index (χ3v) is 7.05. The first-order valence-electron chi connectivity index (χ1n) is 9.95. The average Bonchev–Trinajstić information content (AvgIpc) is 3.15. The molecule has 32 heavy (non-hydrogen) atoms. The summed E-state index contributed by atoms with van der Waals surface area (Å²) in [6.45, 7) is 7.03. The van der Waals surface area contributed by atoms with Gasteiger partial charge in [0.1, 0.15) is 23.7 Å². The minimum atomic E-state index is -3.80. The number of hydrogen-bond donors (Lipinski definition) is 2. The molecule has 2 aromatic rings. The fraction of sp³-hybridized carbons (Fsp3) is 0.579. The molecular weight excluding hydrogens is 435 g/mol.